The average molecular weight is 372 g/mol. The lowest BCUT2D eigenvalue weighted by atomic mass is 9.86. The molecule has 1 aliphatic carbocycles. The van der Waals surface area contributed by atoms with Crippen molar-refractivity contribution in [1.82, 2.24) is 4.31 Å². The van der Waals surface area contributed by atoms with Gasteiger partial charge >= 0.3 is 0 Å². The molecule has 132 valence electrons. The number of sulfonamides is 1. The van der Waals surface area contributed by atoms with E-state index in [0.717, 1.165) is 25.4 Å². The summed E-state index contributed by atoms with van der Waals surface area (Å²) in [7, 11) is -3.56. The number of rotatable bonds is 5. The summed E-state index contributed by atoms with van der Waals surface area (Å²) in [6, 6.07) is 6.56. The van der Waals surface area contributed by atoms with Crippen molar-refractivity contribution < 1.29 is 17.9 Å². The number of nitrogens with zero attached hydrogens (tertiary/aromatic N) is 1. The molecule has 1 unspecified atom stereocenters. The Hall–Kier alpha value is -0.660. The van der Waals surface area contributed by atoms with Gasteiger partial charge < -0.3 is 9.47 Å². The zero-order valence-electron chi connectivity index (χ0n) is 13.5. The number of hydrogen-bond acceptors (Lipinski definition) is 4. The summed E-state index contributed by atoms with van der Waals surface area (Å²) < 4.78 is 38.8. The van der Waals surface area contributed by atoms with Crippen LogP contribution in [0.4, 0.5) is 0 Å². The minimum atomic E-state index is -3.56. The van der Waals surface area contributed by atoms with E-state index >= 15 is 0 Å². The summed E-state index contributed by atoms with van der Waals surface area (Å²) in [4.78, 5) is 0.166. The molecular formula is C17H22ClNO4S. The third-order valence-corrected chi connectivity index (χ3v) is 7.39. The Morgan fingerprint density at radius 3 is 2.71 bits per heavy atom. The highest BCUT2D eigenvalue weighted by molar-refractivity contribution is 7.89. The number of hydrogen-bond donors (Lipinski definition) is 0. The molecule has 3 aliphatic rings. The van der Waals surface area contributed by atoms with Gasteiger partial charge in [-0.15, -0.1) is 0 Å². The van der Waals surface area contributed by atoms with E-state index in [-0.39, 0.29) is 21.6 Å². The molecule has 1 spiro atoms. The van der Waals surface area contributed by atoms with E-state index in [0.29, 0.717) is 19.7 Å². The molecule has 2 aliphatic heterocycles. The molecular weight excluding hydrogens is 350 g/mol. The van der Waals surface area contributed by atoms with Gasteiger partial charge in [-0.25, -0.2) is 8.42 Å². The maximum atomic E-state index is 12.7. The summed E-state index contributed by atoms with van der Waals surface area (Å²) in [5.41, 5.74) is -0.388. The van der Waals surface area contributed by atoms with Gasteiger partial charge in [0.1, 0.15) is 4.90 Å². The van der Waals surface area contributed by atoms with Crippen LogP contribution in [0.5, 0.6) is 0 Å². The molecule has 4 rings (SSSR count). The second-order valence-corrected chi connectivity index (χ2v) is 9.44. The molecule has 1 saturated carbocycles. The van der Waals surface area contributed by atoms with E-state index in [1.54, 1.807) is 24.3 Å². The van der Waals surface area contributed by atoms with Crippen molar-refractivity contribution in [3.63, 3.8) is 0 Å². The first-order valence-corrected chi connectivity index (χ1v) is 10.3. The van der Waals surface area contributed by atoms with E-state index < -0.39 is 10.0 Å². The third kappa shape index (κ3) is 3.22. The predicted molar refractivity (Wildman–Crippen MR) is 90.6 cm³/mol. The van der Waals surface area contributed by atoms with E-state index in [1.165, 1.54) is 17.1 Å². The van der Waals surface area contributed by atoms with E-state index in [2.05, 4.69) is 0 Å². The minimum Gasteiger partial charge on any atom is -0.378 e. The fourth-order valence-electron chi connectivity index (χ4n) is 3.46. The van der Waals surface area contributed by atoms with Crippen LogP contribution < -0.4 is 0 Å². The van der Waals surface area contributed by atoms with Crippen LogP contribution >= 0.6 is 11.6 Å². The highest BCUT2D eigenvalue weighted by Crippen LogP contribution is 2.40. The summed E-state index contributed by atoms with van der Waals surface area (Å²) in [6.07, 6.45) is 4.40. The van der Waals surface area contributed by atoms with Crippen LogP contribution in [0, 0.1) is 5.92 Å². The second kappa shape index (κ2) is 6.25. The van der Waals surface area contributed by atoms with Crippen molar-refractivity contribution in [3.05, 3.63) is 29.3 Å². The topological polar surface area (TPSA) is 55.8 Å². The Bertz CT molecular complexity index is 713. The van der Waals surface area contributed by atoms with Gasteiger partial charge in [0.2, 0.25) is 10.0 Å². The molecule has 1 aromatic rings. The first-order valence-electron chi connectivity index (χ1n) is 8.49. The average Bonchev–Trinajstić information content (AvgIpc) is 3.35. The molecule has 1 atom stereocenters. The van der Waals surface area contributed by atoms with Crippen molar-refractivity contribution in [3.8, 4) is 0 Å². The Morgan fingerprint density at radius 1 is 1.25 bits per heavy atom. The van der Waals surface area contributed by atoms with E-state index in [1.807, 2.05) is 0 Å². The molecule has 0 amide bonds. The molecule has 0 radical (unpaired) electrons. The molecule has 0 bridgehead atoms. The third-order valence-electron chi connectivity index (χ3n) is 5.10. The summed E-state index contributed by atoms with van der Waals surface area (Å²) in [5.74, 6) is 0.738. The normalized spacial score (nSPS) is 27.1. The zero-order valence-corrected chi connectivity index (χ0v) is 15.1. The number of halogens is 1. The van der Waals surface area contributed by atoms with Crippen LogP contribution in [0.2, 0.25) is 5.02 Å². The second-order valence-electron chi connectivity index (χ2n) is 7.13. The summed E-state index contributed by atoms with van der Waals surface area (Å²) in [5, 5.41) is 0.258. The fraction of sp³-hybridized carbons (Fsp3) is 0.647. The van der Waals surface area contributed by atoms with Crippen LogP contribution in [-0.4, -0.2) is 50.7 Å². The van der Waals surface area contributed by atoms with Crippen molar-refractivity contribution in [2.45, 2.75) is 42.3 Å². The first kappa shape index (κ1) is 16.8. The van der Waals surface area contributed by atoms with Gasteiger partial charge in [0, 0.05) is 32.7 Å². The molecule has 5 nitrogen and oxygen atoms in total. The van der Waals surface area contributed by atoms with Gasteiger partial charge in [-0.3, -0.25) is 0 Å². The highest BCUT2D eigenvalue weighted by atomic mass is 35.5. The van der Waals surface area contributed by atoms with E-state index in [4.69, 9.17) is 21.1 Å². The van der Waals surface area contributed by atoms with Crippen LogP contribution in [0.1, 0.15) is 25.7 Å². The van der Waals surface area contributed by atoms with Gasteiger partial charge in [-0.2, -0.15) is 4.31 Å². The molecule has 0 aromatic heterocycles. The molecule has 2 saturated heterocycles. The zero-order chi connectivity index (χ0) is 16.8. The number of ether oxygens (including phenoxy) is 2. The molecule has 24 heavy (non-hydrogen) atoms. The maximum absolute atomic E-state index is 12.7. The fourth-order valence-corrected chi connectivity index (χ4v) is 5.54. The summed E-state index contributed by atoms with van der Waals surface area (Å²) >= 11 is 6.05. The SMILES string of the molecule is O=S(=O)(c1ccccc1Cl)N1CC2(CC(OCC3CC3)CCO2)C1. The molecule has 2 heterocycles. The molecule has 7 heteroatoms. The van der Waals surface area contributed by atoms with Crippen LogP contribution in [0.15, 0.2) is 29.2 Å². The van der Waals surface area contributed by atoms with Gasteiger partial charge in [-0.05, 0) is 37.3 Å². The quantitative estimate of drug-likeness (QED) is 0.798. The smallest absolute Gasteiger partial charge is 0.244 e. The molecule has 3 fully saturated rings. The lowest BCUT2D eigenvalue weighted by molar-refractivity contribution is -0.179. The van der Waals surface area contributed by atoms with Gasteiger partial charge in [-0.1, -0.05) is 23.7 Å². The lowest BCUT2D eigenvalue weighted by Gasteiger charge is -2.52. The van der Waals surface area contributed by atoms with Crippen LogP contribution in [0.3, 0.4) is 0 Å². The Morgan fingerprint density at radius 2 is 2.00 bits per heavy atom. The maximum Gasteiger partial charge on any atom is 0.244 e. The van der Waals surface area contributed by atoms with Crippen molar-refractivity contribution in [2.24, 2.45) is 5.92 Å². The van der Waals surface area contributed by atoms with Crippen LogP contribution in [-0.2, 0) is 19.5 Å². The van der Waals surface area contributed by atoms with Crippen LogP contribution in [0.25, 0.3) is 0 Å². The number of benzene rings is 1. The summed E-state index contributed by atoms with van der Waals surface area (Å²) in [6.45, 7) is 2.23. The standard InChI is InChI=1S/C17H22ClNO4S/c18-15-3-1-2-4-16(15)24(20,21)19-11-17(12-19)9-14(7-8-23-17)22-10-13-5-6-13/h1-4,13-14H,5-12H2. The van der Waals surface area contributed by atoms with Crippen molar-refractivity contribution >= 4 is 21.6 Å². The largest absolute Gasteiger partial charge is 0.378 e. The van der Waals surface area contributed by atoms with Gasteiger partial charge in [0.25, 0.3) is 0 Å². The molecule has 1 aromatic carbocycles. The van der Waals surface area contributed by atoms with Crippen molar-refractivity contribution in [2.75, 3.05) is 26.3 Å². The van der Waals surface area contributed by atoms with Gasteiger partial charge in [0.15, 0.2) is 0 Å². The predicted octanol–water partition coefficient (Wildman–Crippen LogP) is 2.69. The van der Waals surface area contributed by atoms with E-state index in [9.17, 15) is 8.42 Å². The molecule has 0 N–H and O–H groups in total. The Kier molecular flexibility index (Phi) is 4.37. The van der Waals surface area contributed by atoms with Crippen molar-refractivity contribution in [1.29, 1.82) is 0 Å². The lowest BCUT2D eigenvalue weighted by Crippen LogP contribution is -2.67. The first-order chi connectivity index (χ1) is 11.5. The minimum absolute atomic E-state index is 0.166. The Labute approximate surface area is 147 Å². The monoisotopic (exact) mass is 371 g/mol. The Balaban J connectivity index is 1.40. The highest BCUT2D eigenvalue weighted by Gasteiger charge is 2.52. The van der Waals surface area contributed by atoms with Gasteiger partial charge in [0.05, 0.1) is 16.7 Å².